The van der Waals surface area contributed by atoms with Crippen LogP contribution in [0.2, 0.25) is 18.1 Å². The Hall–Kier alpha value is -0.643. The standard InChI is InChI=1S/C22H40O2Si/c1-10-16-23-22(15-12-11-13-20(22)18(2)3)19(4)14-17-24-25(8,9)21(5,6)7/h10,14,20H,1-2,11-13,15-17H2,3-9H3/b19-14+/t20-,22+/m0/s1. The summed E-state index contributed by atoms with van der Waals surface area (Å²) in [6.07, 6.45) is 8.78. The van der Waals surface area contributed by atoms with Gasteiger partial charge in [0, 0.05) is 5.92 Å². The summed E-state index contributed by atoms with van der Waals surface area (Å²) in [5.74, 6) is 0.380. The normalized spacial score (nSPS) is 25.7. The Balaban J connectivity index is 3.01. The summed E-state index contributed by atoms with van der Waals surface area (Å²) in [5, 5.41) is 0.233. The van der Waals surface area contributed by atoms with Crippen LogP contribution in [0, 0.1) is 5.92 Å². The van der Waals surface area contributed by atoms with Gasteiger partial charge in [0.2, 0.25) is 0 Å². The van der Waals surface area contributed by atoms with Crippen LogP contribution in [-0.4, -0.2) is 27.1 Å². The molecule has 1 aliphatic rings. The quantitative estimate of drug-likeness (QED) is 0.354. The molecule has 1 aliphatic carbocycles. The first-order chi connectivity index (χ1) is 11.5. The monoisotopic (exact) mass is 364 g/mol. The fraction of sp³-hybridized carbons (Fsp3) is 0.727. The highest BCUT2D eigenvalue weighted by atomic mass is 28.4. The van der Waals surface area contributed by atoms with Crippen molar-refractivity contribution in [1.29, 1.82) is 0 Å². The Morgan fingerprint density at radius 3 is 2.36 bits per heavy atom. The summed E-state index contributed by atoms with van der Waals surface area (Å²) >= 11 is 0. The molecule has 0 aromatic rings. The van der Waals surface area contributed by atoms with E-state index in [2.05, 4.69) is 66.9 Å². The van der Waals surface area contributed by atoms with Gasteiger partial charge >= 0.3 is 0 Å². The Bertz CT molecular complexity index is 499. The van der Waals surface area contributed by atoms with Crippen molar-refractivity contribution in [2.75, 3.05) is 13.2 Å². The maximum Gasteiger partial charge on any atom is 0.192 e. The fourth-order valence-corrected chi connectivity index (χ4v) is 4.45. The second-order valence-electron chi connectivity index (χ2n) is 9.09. The second-order valence-corrected chi connectivity index (χ2v) is 13.9. The summed E-state index contributed by atoms with van der Waals surface area (Å²) in [5.41, 5.74) is 2.28. The lowest BCUT2D eigenvalue weighted by molar-refractivity contribution is -0.0585. The third kappa shape index (κ3) is 5.41. The van der Waals surface area contributed by atoms with Crippen molar-refractivity contribution < 1.29 is 9.16 Å². The molecule has 1 saturated carbocycles. The topological polar surface area (TPSA) is 18.5 Å². The van der Waals surface area contributed by atoms with Crippen LogP contribution in [0.4, 0.5) is 0 Å². The summed E-state index contributed by atoms with van der Waals surface area (Å²) in [6, 6.07) is 0. The molecule has 2 nitrogen and oxygen atoms in total. The van der Waals surface area contributed by atoms with Crippen LogP contribution < -0.4 is 0 Å². The molecule has 0 saturated heterocycles. The van der Waals surface area contributed by atoms with Crippen LogP contribution in [0.15, 0.2) is 36.5 Å². The maximum atomic E-state index is 6.41. The molecule has 0 aromatic heterocycles. The third-order valence-corrected chi connectivity index (χ3v) is 10.7. The molecule has 1 fully saturated rings. The number of ether oxygens (including phenoxy) is 1. The van der Waals surface area contributed by atoms with Gasteiger partial charge in [0.15, 0.2) is 8.32 Å². The highest BCUT2D eigenvalue weighted by Gasteiger charge is 2.43. The molecule has 3 heteroatoms. The van der Waals surface area contributed by atoms with Crippen molar-refractivity contribution in [2.24, 2.45) is 5.92 Å². The highest BCUT2D eigenvalue weighted by molar-refractivity contribution is 6.74. The van der Waals surface area contributed by atoms with Crippen molar-refractivity contribution in [3.05, 3.63) is 36.5 Å². The first kappa shape index (κ1) is 22.4. The molecular weight excluding hydrogens is 324 g/mol. The lowest BCUT2D eigenvalue weighted by Crippen LogP contribution is -2.45. The van der Waals surface area contributed by atoms with Gasteiger partial charge < -0.3 is 9.16 Å². The van der Waals surface area contributed by atoms with Crippen LogP contribution in [0.5, 0.6) is 0 Å². The first-order valence-corrected chi connectivity index (χ1v) is 12.6. The van der Waals surface area contributed by atoms with Crippen LogP contribution in [0.25, 0.3) is 0 Å². The lowest BCUT2D eigenvalue weighted by atomic mass is 9.68. The van der Waals surface area contributed by atoms with E-state index in [0.29, 0.717) is 19.1 Å². The van der Waals surface area contributed by atoms with Crippen molar-refractivity contribution in [1.82, 2.24) is 0 Å². The molecule has 1 rings (SSSR count). The average Bonchev–Trinajstić information content (AvgIpc) is 2.51. The summed E-state index contributed by atoms with van der Waals surface area (Å²) in [4.78, 5) is 0. The van der Waals surface area contributed by atoms with Crippen molar-refractivity contribution in [3.8, 4) is 0 Å². The molecule has 0 unspecified atom stereocenters. The first-order valence-electron chi connectivity index (χ1n) is 9.69. The molecular formula is C22H40O2Si. The van der Waals surface area contributed by atoms with Gasteiger partial charge in [0.25, 0.3) is 0 Å². The van der Waals surface area contributed by atoms with Gasteiger partial charge in [0.1, 0.15) is 0 Å². The van der Waals surface area contributed by atoms with Crippen LogP contribution >= 0.6 is 0 Å². The minimum Gasteiger partial charge on any atom is -0.413 e. The molecule has 2 atom stereocenters. The molecule has 0 amide bonds. The van der Waals surface area contributed by atoms with Crippen molar-refractivity contribution >= 4 is 8.32 Å². The summed E-state index contributed by atoms with van der Waals surface area (Å²) in [7, 11) is -1.73. The number of rotatable bonds is 8. The molecule has 0 bridgehead atoms. The van der Waals surface area contributed by atoms with Gasteiger partial charge in [0.05, 0.1) is 18.8 Å². The van der Waals surface area contributed by atoms with Gasteiger partial charge in [-0.25, -0.2) is 0 Å². The Morgan fingerprint density at radius 2 is 1.84 bits per heavy atom. The van der Waals surface area contributed by atoms with Gasteiger partial charge in [-0.3, -0.25) is 0 Å². The lowest BCUT2D eigenvalue weighted by Gasteiger charge is -2.45. The molecule has 144 valence electrons. The largest absolute Gasteiger partial charge is 0.413 e. The molecule has 0 heterocycles. The van der Waals surface area contributed by atoms with Gasteiger partial charge in [-0.1, -0.05) is 57.9 Å². The average molecular weight is 365 g/mol. The van der Waals surface area contributed by atoms with E-state index in [0.717, 1.165) is 12.8 Å². The van der Waals surface area contributed by atoms with Gasteiger partial charge in [-0.15, -0.1) is 6.58 Å². The van der Waals surface area contributed by atoms with Gasteiger partial charge in [-0.05, 0) is 50.4 Å². The maximum absolute atomic E-state index is 6.41. The van der Waals surface area contributed by atoms with Gasteiger partial charge in [-0.2, -0.15) is 0 Å². The minimum atomic E-state index is -1.73. The highest BCUT2D eigenvalue weighted by Crippen LogP contribution is 2.45. The zero-order valence-corrected chi connectivity index (χ0v) is 18.7. The van der Waals surface area contributed by atoms with E-state index in [9.17, 15) is 0 Å². The predicted molar refractivity (Wildman–Crippen MR) is 113 cm³/mol. The second kappa shape index (κ2) is 8.83. The van der Waals surface area contributed by atoms with Crippen molar-refractivity contribution in [2.45, 2.75) is 84.0 Å². The summed E-state index contributed by atoms with van der Waals surface area (Å²) < 4.78 is 12.8. The van der Waals surface area contributed by atoms with E-state index in [-0.39, 0.29) is 10.6 Å². The van der Waals surface area contributed by atoms with Crippen molar-refractivity contribution in [3.63, 3.8) is 0 Å². The Labute approximate surface area is 157 Å². The molecule has 0 aliphatic heterocycles. The molecule has 0 spiro atoms. The minimum absolute atomic E-state index is 0.233. The van der Waals surface area contributed by atoms with E-state index >= 15 is 0 Å². The van der Waals surface area contributed by atoms with E-state index in [4.69, 9.17) is 9.16 Å². The third-order valence-electron chi connectivity index (χ3n) is 6.21. The number of hydrogen-bond donors (Lipinski definition) is 0. The van der Waals surface area contributed by atoms with Crippen LogP contribution in [-0.2, 0) is 9.16 Å². The fourth-order valence-electron chi connectivity index (χ4n) is 3.52. The predicted octanol–water partition coefficient (Wildman–Crippen LogP) is 6.66. The van der Waals surface area contributed by atoms with E-state index in [1.807, 2.05) is 6.08 Å². The molecule has 0 aromatic carbocycles. The molecule has 0 radical (unpaired) electrons. The molecule has 0 N–H and O–H groups in total. The summed E-state index contributed by atoms with van der Waals surface area (Å²) in [6.45, 7) is 25.1. The van der Waals surface area contributed by atoms with Crippen LogP contribution in [0.1, 0.15) is 60.3 Å². The molecule has 25 heavy (non-hydrogen) atoms. The number of hydrogen-bond acceptors (Lipinski definition) is 2. The van der Waals surface area contributed by atoms with E-state index in [1.54, 1.807) is 0 Å². The van der Waals surface area contributed by atoms with E-state index < -0.39 is 8.32 Å². The zero-order chi connectivity index (χ0) is 19.3. The zero-order valence-electron chi connectivity index (χ0n) is 17.7. The smallest absolute Gasteiger partial charge is 0.192 e. The van der Waals surface area contributed by atoms with Crippen LogP contribution in [0.3, 0.4) is 0 Å². The SMILES string of the molecule is C=CCO[C@@]1(/C(C)=C/CO[Si](C)(C)C(C)(C)C)CCCC[C@H]1C(=C)C. The Kier molecular flexibility index (Phi) is 7.91. The van der Waals surface area contributed by atoms with E-state index in [1.165, 1.54) is 24.0 Å². The Morgan fingerprint density at radius 1 is 1.20 bits per heavy atom.